The van der Waals surface area contributed by atoms with Gasteiger partial charge in [0.05, 0.1) is 17.2 Å². The van der Waals surface area contributed by atoms with Gasteiger partial charge in [0, 0.05) is 37.3 Å². The molecule has 174 valence electrons. The Morgan fingerprint density at radius 2 is 1.84 bits per heavy atom. The molecule has 2 amide bonds. The normalized spacial score (nSPS) is 31.1. The van der Waals surface area contributed by atoms with Gasteiger partial charge in [-0.15, -0.1) is 0 Å². The zero-order valence-corrected chi connectivity index (χ0v) is 18.7. The number of aliphatic hydroxyl groups is 1. The molecule has 0 unspecified atom stereocenters. The predicted octanol–water partition coefficient (Wildman–Crippen LogP) is 3.69. The lowest BCUT2D eigenvalue weighted by Gasteiger charge is -2.41. The van der Waals surface area contributed by atoms with Gasteiger partial charge in [0.25, 0.3) is 0 Å². The fourth-order valence-corrected chi connectivity index (χ4v) is 6.04. The number of rotatable bonds is 4. The second kappa shape index (κ2) is 8.65. The number of hydrogen-bond acceptors (Lipinski definition) is 4. The molecule has 1 atom stereocenters. The molecular weight excluding hydrogens is 409 g/mol. The third-order valence-electron chi connectivity index (χ3n) is 8.26. The highest BCUT2D eigenvalue weighted by atomic mass is 19.1. The van der Waals surface area contributed by atoms with E-state index >= 15 is 4.39 Å². The first kappa shape index (κ1) is 21.7. The number of nitrogens with zero attached hydrogens (tertiary/aromatic N) is 2. The Morgan fingerprint density at radius 3 is 2.53 bits per heavy atom. The minimum Gasteiger partial charge on any atom is -0.393 e. The molecule has 4 fully saturated rings. The summed E-state index contributed by atoms with van der Waals surface area (Å²) < 4.78 is 15.0. The van der Waals surface area contributed by atoms with E-state index in [0.717, 1.165) is 77.3 Å². The molecule has 2 N–H and O–H groups in total. The van der Waals surface area contributed by atoms with Crippen LogP contribution in [0.3, 0.4) is 0 Å². The molecule has 2 saturated heterocycles. The van der Waals surface area contributed by atoms with Crippen LogP contribution in [0.5, 0.6) is 0 Å². The van der Waals surface area contributed by atoms with E-state index in [0.29, 0.717) is 17.9 Å². The van der Waals surface area contributed by atoms with Crippen LogP contribution in [0.1, 0.15) is 64.2 Å². The number of hydrogen-bond donors (Lipinski definition) is 2. The summed E-state index contributed by atoms with van der Waals surface area (Å²) in [6.45, 7) is 2.04. The number of benzene rings is 1. The van der Waals surface area contributed by atoms with Gasteiger partial charge in [-0.05, 0) is 76.0 Å². The first-order valence-corrected chi connectivity index (χ1v) is 12.3. The van der Waals surface area contributed by atoms with Gasteiger partial charge >= 0.3 is 0 Å². The van der Waals surface area contributed by atoms with Crippen molar-refractivity contribution in [1.82, 2.24) is 4.90 Å². The van der Waals surface area contributed by atoms with E-state index in [1.165, 1.54) is 6.07 Å². The number of amides is 2. The van der Waals surface area contributed by atoms with Crippen molar-refractivity contribution in [2.75, 3.05) is 29.9 Å². The van der Waals surface area contributed by atoms with Gasteiger partial charge in [0.2, 0.25) is 11.8 Å². The lowest BCUT2D eigenvalue weighted by atomic mass is 9.78. The number of carbonyl (C=O) groups excluding carboxylic acids is 2. The Kier molecular flexibility index (Phi) is 5.86. The molecule has 7 heteroatoms. The molecule has 32 heavy (non-hydrogen) atoms. The van der Waals surface area contributed by atoms with Gasteiger partial charge in [-0.25, -0.2) is 4.39 Å². The monoisotopic (exact) mass is 443 g/mol. The van der Waals surface area contributed by atoms with Crippen molar-refractivity contribution in [2.24, 2.45) is 11.3 Å². The molecule has 1 aromatic rings. The van der Waals surface area contributed by atoms with Crippen LogP contribution in [-0.4, -0.2) is 53.6 Å². The fraction of sp³-hybridized carbons (Fsp3) is 0.680. The highest BCUT2D eigenvalue weighted by Gasteiger charge is 2.50. The Labute approximate surface area is 189 Å². The van der Waals surface area contributed by atoms with Crippen molar-refractivity contribution >= 4 is 23.2 Å². The molecule has 2 saturated carbocycles. The second-order valence-corrected chi connectivity index (χ2v) is 10.3. The van der Waals surface area contributed by atoms with Gasteiger partial charge in [-0.3, -0.25) is 9.59 Å². The highest BCUT2D eigenvalue weighted by molar-refractivity contribution is 5.93. The summed E-state index contributed by atoms with van der Waals surface area (Å²) >= 11 is 0. The van der Waals surface area contributed by atoms with Crippen molar-refractivity contribution in [2.45, 2.75) is 76.4 Å². The average Bonchev–Trinajstić information content (AvgIpc) is 3.03. The first-order valence-electron chi connectivity index (χ1n) is 12.3. The summed E-state index contributed by atoms with van der Waals surface area (Å²) in [4.78, 5) is 29.7. The zero-order chi connectivity index (χ0) is 22.3. The summed E-state index contributed by atoms with van der Waals surface area (Å²) in [7, 11) is 0. The number of carbonyl (C=O) groups is 2. The summed E-state index contributed by atoms with van der Waals surface area (Å²) in [5, 5.41) is 12.6. The molecule has 2 aliphatic carbocycles. The molecule has 0 radical (unpaired) electrons. The topological polar surface area (TPSA) is 72.9 Å². The average molecular weight is 444 g/mol. The third-order valence-corrected chi connectivity index (χ3v) is 8.26. The van der Waals surface area contributed by atoms with Gasteiger partial charge in [0.1, 0.15) is 5.82 Å². The van der Waals surface area contributed by atoms with Crippen LogP contribution in [0.25, 0.3) is 0 Å². The largest absolute Gasteiger partial charge is 0.393 e. The van der Waals surface area contributed by atoms with Gasteiger partial charge in [0.15, 0.2) is 0 Å². The van der Waals surface area contributed by atoms with E-state index in [1.807, 2.05) is 9.80 Å². The Bertz CT molecular complexity index is 881. The molecule has 6 nitrogen and oxygen atoms in total. The maximum atomic E-state index is 15.0. The molecule has 4 aliphatic rings. The fourth-order valence-electron chi connectivity index (χ4n) is 6.04. The Hall–Kier alpha value is -2.15. The molecule has 1 spiro atoms. The number of piperidine rings is 1. The summed E-state index contributed by atoms with van der Waals surface area (Å²) in [6.07, 6.45) is 8.49. The summed E-state index contributed by atoms with van der Waals surface area (Å²) in [5.74, 6) is -0.0962. The van der Waals surface area contributed by atoms with E-state index in [1.54, 1.807) is 12.1 Å². The maximum absolute atomic E-state index is 15.0. The van der Waals surface area contributed by atoms with E-state index < -0.39 is 5.41 Å². The van der Waals surface area contributed by atoms with Crippen LogP contribution in [0.4, 0.5) is 15.8 Å². The van der Waals surface area contributed by atoms with Crippen molar-refractivity contribution in [1.29, 1.82) is 0 Å². The minimum absolute atomic E-state index is 0.0211. The third kappa shape index (κ3) is 4.00. The minimum atomic E-state index is -0.433. The smallest absolute Gasteiger partial charge is 0.230 e. The van der Waals surface area contributed by atoms with Crippen molar-refractivity contribution in [3.63, 3.8) is 0 Å². The molecular formula is C25H34FN3O3. The van der Waals surface area contributed by atoms with E-state index in [-0.39, 0.29) is 35.7 Å². The van der Waals surface area contributed by atoms with Crippen LogP contribution in [0, 0.1) is 17.2 Å². The van der Waals surface area contributed by atoms with E-state index in [9.17, 15) is 14.7 Å². The van der Waals surface area contributed by atoms with Crippen molar-refractivity contribution < 1.29 is 19.1 Å². The number of nitrogens with one attached hydrogen (secondary N) is 1. The highest BCUT2D eigenvalue weighted by Crippen LogP contribution is 2.44. The quantitative estimate of drug-likeness (QED) is 0.745. The van der Waals surface area contributed by atoms with Crippen LogP contribution in [-0.2, 0) is 9.59 Å². The van der Waals surface area contributed by atoms with Crippen LogP contribution < -0.4 is 10.2 Å². The lowest BCUT2D eigenvalue weighted by molar-refractivity contribution is -0.139. The number of likely N-dealkylation sites (tertiary alicyclic amines) is 1. The van der Waals surface area contributed by atoms with Crippen LogP contribution >= 0.6 is 0 Å². The van der Waals surface area contributed by atoms with Gasteiger partial charge < -0.3 is 20.2 Å². The van der Waals surface area contributed by atoms with Gasteiger partial charge in [-0.2, -0.15) is 0 Å². The molecule has 5 rings (SSSR count). The maximum Gasteiger partial charge on any atom is 0.230 e. The zero-order valence-electron chi connectivity index (χ0n) is 18.7. The number of anilines is 2. The van der Waals surface area contributed by atoms with Crippen molar-refractivity contribution in [3.8, 4) is 0 Å². The van der Waals surface area contributed by atoms with Crippen LogP contribution in [0.15, 0.2) is 18.2 Å². The molecule has 0 aromatic heterocycles. The summed E-state index contributed by atoms with van der Waals surface area (Å²) in [6, 6.07) is 5.15. The van der Waals surface area contributed by atoms with E-state index in [4.69, 9.17) is 0 Å². The molecule has 2 heterocycles. The standard InChI is InChI=1S/C25H34FN3O3/c26-21-15-18(27-23(31)17-3-1-4-17)5-10-22(21)28-13-2-11-25(16-28)12-14-29(24(25)32)19-6-8-20(30)9-7-19/h5,10,15,17,19-20,30H,1-4,6-9,11-14,16H2,(H,27,31)/t19?,20?,25-/m0/s1. The van der Waals surface area contributed by atoms with Gasteiger partial charge in [-0.1, -0.05) is 6.42 Å². The molecule has 0 bridgehead atoms. The molecule has 1 aromatic carbocycles. The Balaban J connectivity index is 1.26. The Morgan fingerprint density at radius 1 is 1.06 bits per heavy atom. The number of aliphatic hydroxyl groups excluding tert-OH is 1. The predicted molar refractivity (Wildman–Crippen MR) is 121 cm³/mol. The number of halogens is 1. The first-order chi connectivity index (χ1) is 15.4. The molecule has 2 aliphatic heterocycles. The van der Waals surface area contributed by atoms with E-state index in [2.05, 4.69) is 5.32 Å². The van der Waals surface area contributed by atoms with Crippen LogP contribution in [0.2, 0.25) is 0 Å². The summed E-state index contributed by atoms with van der Waals surface area (Å²) in [5.41, 5.74) is 0.577. The van der Waals surface area contributed by atoms with Crippen molar-refractivity contribution in [3.05, 3.63) is 24.0 Å². The SMILES string of the molecule is O=C(Nc1ccc(N2CCC[C@]3(CCN(C4CCC(O)CC4)C3=O)C2)c(F)c1)C1CCC1. The lowest BCUT2D eigenvalue weighted by Crippen LogP contribution is -2.50. The second-order valence-electron chi connectivity index (χ2n) is 10.3.